The largest absolute Gasteiger partial charge is 0.493 e. The lowest BCUT2D eigenvalue weighted by atomic mass is 9.75. The van der Waals surface area contributed by atoms with Gasteiger partial charge in [-0.25, -0.2) is 4.79 Å². The molecule has 3 aliphatic rings. The number of benzene rings is 3. The molecule has 1 saturated carbocycles. The van der Waals surface area contributed by atoms with E-state index in [9.17, 15) is 9.59 Å². The number of Topliss-reactive ketones (excluding diaryl/α,β-unsaturated/α-hetero) is 1. The molecule has 1 saturated heterocycles. The highest BCUT2D eigenvalue weighted by atomic mass is 16.5. The molecular weight excluding hydrogens is 690 g/mol. The number of rotatable bonds is 8. The molecule has 11 heteroatoms. The molecule has 3 aromatic carbocycles. The van der Waals surface area contributed by atoms with Gasteiger partial charge in [0.25, 0.3) is 0 Å². The molecule has 0 aromatic heterocycles. The van der Waals surface area contributed by atoms with Crippen LogP contribution in [0.3, 0.4) is 0 Å². The second-order valence-electron chi connectivity index (χ2n) is 14.3. The maximum absolute atomic E-state index is 15.0. The average Bonchev–Trinajstić information content (AvgIpc) is 3.21. The number of carbonyl (C=O) groups is 3. The van der Waals surface area contributed by atoms with Crippen LogP contribution in [-0.4, -0.2) is 76.8 Å². The number of carbonyl (C=O) groups excluding carboxylic acids is 3. The lowest BCUT2D eigenvalue weighted by molar-refractivity contribution is -0.163. The van der Waals surface area contributed by atoms with Crippen LogP contribution in [0.2, 0.25) is 0 Å². The van der Waals surface area contributed by atoms with E-state index < -0.39 is 24.0 Å². The number of methoxy groups -OCH3 is 4. The predicted octanol–water partition coefficient (Wildman–Crippen LogP) is 7.41. The normalized spacial score (nSPS) is 21.6. The van der Waals surface area contributed by atoms with Gasteiger partial charge in [-0.05, 0) is 104 Å². The molecule has 1 aliphatic carbocycles. The Labute approximate surface area is 318 Å². The molecule has 3 atom stereocenters. The highest BCUT2D eigenvalue weighted by molar-refractivity contribution is 5.89. The smallest absolute Gasteiger partial charge is 0.329 e. The fourth-order valence-corrected chi connectivity index (χ4v) is 8.10. The Morgan fingerprint density at radius 2 is 1.52 bits per heavy atom. The summed E-state index contributed by atoms with van der Waals surface area (Å²) in [7, 11) is 6.28. The number of aryl methyl sites for hydroxylation is 1. The number of cyclic esters (lactones) is 1. The number of fused-ring (bicyclic) bond motifs is 5. The van der Waals surface area contributed by atoms with Gasteiger partial charge in [-0.15, -0.1) is 0 Å². The summed E-state index contributed by atoms with van der Waals surface area (Å²) in [6.45, 7) is 0.390. The molecule has 2 heterocycles. The first-order valence-corrected chi connectivity index (χ1v) is 19.2. The van der Waals surface area contributed by atoms with Gasteiger partial charge in [0, 0.05) is 13.0 Å². The van der Waals surface area contributed by atoms with E-state index in [4.69, 9.17) is 33.2 Å². The molecule has 0 unspecified atom stereocenters. The lowest BCUT2D eigenvalue weighted by Crippen LogP contribution is -2.51. The minimum absolute atomic E-state index is 0.0700. The average molecular weight is 744 g/mol. The van der Waals surface area contributed by atoms with Gasteiger partial charge in [0.1, 0.15) is 24.5 Å². The summed E-state index contributed by atoms with van der Waals surface area (Å²) >= 11 is 0. The van der Waals surface area contributed by atoms with E-state index >= 15 is 4.79 Å². The van der Waals surface area contributed by atoms with Crippen LogP contribution in [0.5, 0.6) is 34.5 Å². The summed E-state index contributed by atoms with van der Waals surface area (Å²) in [4.78, 5) is 44.3. The van der Waals surface area contributed by atoms with Crippen molar-refractivity contribution in [1.29, 1.82) is 0 Å². The van der Waals surface area contributed by atoms with E-state index in [2.05, 4.69) is 0 Å². The van der Waals surface area contributed by atoms with Crippen molar-refractivity contribution < 1.29 is 47.5 Å². The first kappa shape index (κ1) is 38.8. The minimum Gasteiger partial charge on any atom is -0.493 e. The zero-order valence-electron chi connectivity index (χ0n) is 31.9. The summed E-state index contributed by atoms with van der Waals surface area (Å²) in [5.74, 6) is 1.81. The van der Waals surface area contributed by atoms with E-state index in [0.717, 1.165) is 61.6 Å². The molecule has 0 radical (unpaired) electrons. The summed E-state index contributed by atoms with van der Waals surface area (Å²) in [6.07, 6.45) is 7.56. The number of esters is 1. The fraction of sp³-hybridized carbons (Fsp3) is 0.512. The molecule has 3 aromatic rings. The molecule has 4 bridgehead atoms. The van der Waals surface area contributed by atoms with E-state index in [1.165, 1.54) is 7.11 Å². The Balaban J connectivity index is 1.38. The molecule has 1 amide bonds. The van der Waals surface area contributed by atoms with Crippen LogP contribution < -0.4 is 28.4 Å². The Morgan fingerprint density at radius 1 is 0.741 bits per heavy atom. The number of amides is 1. The zero-order valence-corrected chi connectivity index (χ0v) is 31.9. The molecule has 2 fully saturated rings. The van der Waals surface area contributed by atoms with Crippen LogP contribution in [0.1, 0.15) is 92.9 Å². The van der Waals surface area contributed by atoms with Gasteiger partial charge >= 0.3 is 5.97 Å². The lowest BCUT2D eigenvalue weighted by Gasteiger charge is -2.40. The zero-order chi connectivity index (χ0) is 38.0. The summed E-state index contributed by atoms with van der Waals surface area (Å²) in [6, 6.07) is 16.0. The molecule has 0 N–H and O–H groups in total. The van der Waals surface area contributed by atoms with Crippen molar-refractivity contribution in [1.82, 2.24) is 4.90 Å². The Hall–Kier alpha value is -4.93. The summed E-state index contributed by atoms with van der Waals surface area (Å²) in [5, 5.41) is 0. The maximum Gasteiger partial charge on any atom is 0.329 e. The highest BCUT2D eigenvalue weighted by Gasteiger charge is 2.41. The fourth-order valence-electron chi connectivity index (χ4n) is 8.10. The first-order valence-electron chi connectivity index (χ1n) is 19.2. The summed E-state index contributed by atoms with van der Waals surface area (Å²) < 4.78 is 41.0. The second-order valence-corrected chi connectivity index (χ2v) is 14.3. The van der Waals surface area contributed by atoms with Crippen molar-refractivity contribution in [3.8, 4) is 34.5 Å². The van der Waals surface area contributed by atoms with Crippen molar-refractivity contribution in [2.24, 2.45) is 5.92 Å². The number of hydrogen-bond acceptors (Lipinski definition) is 10. The van der Waals surface area contributed by atoms with Crippen LogP contribution in [-0.2, 0) is 25.5 Å². The van der Waals surface area contributed by atoms with Gasteiger partial charge in [-0.2, -0.15) is 0 Å². The molecule has 290 valence electrons. The Morgan fingerprint density at radius 3 is 2.28 bits per heavy atom. The Bertz CT molecular complexity index is 1770. The van der Waals surface area contributed by atoms with Crippen LogP contribution in [0.15, 0.2) is 54.6 Å². The monoisotopic (exact) mass is 743 g/mol. The standard InChI is InChI=1S/C43H53NO10/c1-48-36-19-17-28(23-37(36)49-2)16-18-35-30-13-10-14-33(24-30)53-27-32(45)20-22-52-39-26-31(25-38(50-3)41(39)51-4)40(29-11-6-5-7-12-29)42(46)44-21-9-8-15-34(44)43(47)54-35/h10,13-14,17,19,23-26,29,34-35,40H,5-9,11-12,15-16,18,20-22,27H2,1-4H3/t34-,35+,40-/m0/s1. The summed E-state index contributed by atoms with van der Waals surface area (Å²) in [5.41, 5.74) is 2.46. The molecule has 11 nitrogen and oxygen atoms in total. The number of ketones is 1. The van der Waals surface area contributed by atoms with Gasteiger partial charge in [0.2, 0.25) is 11.7 Å². The van der Waals surface area contributed by atoms with Gasteiger partial charge in [-0.3, -0.25) is 9.59 Å². The van der Waals surface area contributed by atoms with Crippen LogP contribution in [0.25, 0.3) is 0 Å². The van der Waals surface area contributed by atoms with Gasteiger partial charge < -0.3 is 38.1 Å². The van der Waals surface area contributed by atoms with Crippen molar-refractivity contribution >= 4 is 17.7 Å². The quantitative estimate of drug-likeness (QED) is 0.216. The SMILES string of the molecule is COc1ccc(CC[C@H]2OC(=O)[C@@H]3CCCCN3C(=O)[C@@H](C3CCCCC3)c3cc(OC)c(OC)c(c3)OCCC(=O)COc3cccc2c3)cc1OC. The van der Waals surface area contributed by atoms with E-state index in [1.807, 2.05) is 48.5 Å². The van der Waals surface area contributed by atoms with Crippen LogP contribution in [0, 0.1) is 5.92 Å². The molecule has 0 spiro atoms. The third kappa shape index (κ3) is 9.05. The van der Waals surface area contributed by atoms with Crippen molar-refractivity contribution in [3.05, 3.63) is 71.3 Å². The van der Waals surface area contributed by atoms with E-state index in [1.54, 1.807) is 32.3 Å². The van der Waals surface area contributed by atoms with Gasteiger partial charge in [0.05, 0.1) is 41.0 Å². The highest BCUT2D eigenvalue weighted by Crippen LogP contribution is 2.45. The molecule has 6 rings (SSSR count). The van der Waals surface area contributed by atoms with E-state index in [0.29, 0.717) is 60.3 Å². The topological polar surface area (TPSA) is 119 Å². The molecule has 54 heavy (non-hydrogen) atoms. The third-order valence-corrected chi connectivity index (χ3v) is 10.9. The molecule has 2 aliphatic heterocycles. The third-order valence-electron chi connectivity index (χ3n) is 10.9. The number of piperidine rings is 1. The van der Waals surface area contributed by atoms with Crippen LogP contribution >= 0.6 is 0 Å². The Kier molecular flexibility index (Phi) is 13.2. The molecular formula is C43H53NO10. The number of hydrogen-bond donors (Lipinski definition) is 0. The number of nitrogens with zero attached hydrogens (tertiary/aromatic N) is 1. The van der Waals surface area contributed by atoms with E-state index in [-0.39, 0.29) is 37.2 Å². The van der Waals surface area contributed by atoms with Gasteiger partial charge in [-0.1, -0.05) is 37.5 Å². The number of ether oxygens (including phenoxy) is 7. The predicted molar refractivity (Wildman–Crippen MR) is 202 cm³/mol. The van der Waals surface area contributed by atoms with Crippen molar-refractivity contribution in [3.63, 3.8) is 0 Å². The van der Waals surface area contributed by atoms with Crippen molar-refractivity contribution in [2.75, 3.05) is 48.2 Å². The minimum atomic E-state index is -0.740. The first-order chi connectivity index (χ1) is 26.3. The van der Waals surface area contributed by atoms with Crippen LogP contribution in [0.4, 0.5) is 0 Å². The van der Waals surface area contributed by atoms with Gasteiger partial charge in [0.15, 0.2) is 28.8 Å². The maximum atomic E-state index is 15.0. The second kappa shape index (κ2) is 18.4. The van der Waals surface area contributed by atoms with Crippen molar-refractivity contribution in [2.45, 2.75) is 88.7 Å².